The summed E-state index contributed by atoms with van der Waals surface area (Å²) < 4.78 is 1.20. The molecule has 11 aromatic rings. The maximum Gasteiger partial charge on any atom is 0.164 e. The minimum absolute atomic E-state index is 0.632. The molecule has 0 aliphatic rings. The van der Waals surface area contributed by atoms with Crippen molar-refractivity contribution in [1.29, 1.82) is 0 Å². The summed E-state index contributed by atoms with van der Waals surface area (Å²) in [5.74, 6) is 1.91. The summed E-state index contributed by atoms with van der Waals surface area (Å²) in [5, 5.41) is 3.44. The van der Waals surface area contributed by atoms with Gasteiger partial charge in [0.2, 0.25) is 0 Å². The molecule has 286 valence electrons. The minimum Gasteiger partial charge on any atom is -0.236 e. The molecule has 0 N–H and O–H groups in total. The number of hydrogen-bond acceptors (Lipinski definition) is 5. The number of fused-ring (bicyclic) bond motifs is 2. The molecule has 11 rings (SSSR count). The van der Waals surface area contributed by atoms with E-state index in [0.29, 0.717) is 17.5 Å². The third kappa shape index (κ3) is 7.07. The van der Waals surface area contributed by atoms with Crippen molar-refractivity contribution in [2.45, 2.75) is 0 Å². The molecule has 61 heavy (non-hydrogen) atoms. The quantitative estimate of drug-likeness (QED) is 0.154. The van der Waals surface area contributed by atoms with Gasteiger partial charge < -0.3 is 0 Å². The van der Waals surface area contributed by atoms with Gasteiger partial charge in [-0.2, -0.15) is 0 Å². The molecule has 0 aliphatic heterocycles. The molecule has 0 atom stereocenters. The smallest absolute Gasteiger partial charge is 0.164 e. The molecular formula is C56H36N4S. The third-order valence-electron chi connectivity index (χ3n) is 11.2. The third-order valence-corrected chi connectivity index (χ3v) is 12.3. The van der Waals surface area contributed by atoms with Crippen LogP contribution in [0.3, 0.4) is 0 Å². The van der Waals surface area contributed by atoms with Gasteiger partial charge >= 0.3 is 0 Å². The summed E-state index contributed by atoms with van der Waals surface area (Å²) >= 11 is 1.73. The van der Waals surface area contributed by atoms with E-state index in [1.807, 2.05) is 42.5 Å². The molecule has 0 amide bonds. The Bertz CT molecular complexity index is 3290. The van der Waals surface area contributed by atoms with Crippen molar-refractivity contribution in [3.05, 3.63) is 218 Å². The Morgan fingerprint density at radius 3 is 1.28 bits per heavy atom. The number of rotatable bonds is 8. The van der Waals surface area contributed by atoms with Gasteiger partial charge in [0.1, 0.15) is 5.01 Å². The number of benzene rings is 9. The zero-order valence-electron chi connectivity index (χ0n) is 33.0. The van der Waals surface area contributed by atoms with Crippen LogP contribution in [0.25, 0.3) is 110 Å². The summed E-state index contributed by atoms with van der Waals surface area (Å²) in [7, 11) is 0. The van der Waals surface area contributed by atoms with E-state index in [2.05, 4.69) is 176 Å². The Hall–Kier alpha value is -7.86. The standard InChI is InChI=1S/C56H36N4S/c1-3-13-37(14-4-1)38-25-31-42(32-26-38)54-58-53(41-15-5-2-6-16-41)59-55(60-54)43-33-27-39(28-34-43)46-19-11-21-50-48(46)20-12-22-49(50)47-18-8-7-17-45(47)40-29-35-44(36-30-40)56-57-51-23-9-10-24-52(51)61-56/h1-36H. The highest BCUT2D eigenvalue weighted by molar-refractivity contribution is 7.21. The molecule has 2 aromatic heterocycles. The molecule has 0 aliphatic carbocycles. The van der Waals surface area contributed by atoms with Crippen LogP contribution in [-0.2, 0) is 0 Å². The van der Waals surface area contributed by atoms with Gasteiger partial charge in [-0.15, -0.1) is 11.3 Å². The lowest BCUT2D eigenvalue weighted by Crippen LogP contribution is -2.00. The molecule has 0 saturated heterocycles. The van der Waals surface area contributed by atoms with Crippen LogP contribution in [0.5, 0.6) is 0 Å². The Morgan fingerprint density at radius 1 is 0.246 bits per heavy atom. The summed E-state index contributed by atoms with van der Waals surface area (Å²) in [6, 6.07) is 76.6. The first kappa shape index (κ1) is 36.2. The Labute approximate surface area is 358 Å². The number of nitrogens with zero attached hydrogens (tertiary/aromatic N) is 4. The van der Waals surface area contributed by atoms with Gasteiger partial charge in [0.15, 0.2) is 17.5 Å². The first-order valence-electron chi connectivity index (χ1n) is 20.4. The fourth-order valence-electron chi connectivity index (χ4n) is 8.15. The lowest BCUT2D eigenvalue weighted by atomic mass is 9.89. The van der Waals surface area contributed by atoms with Gasteiger partial charge in [-0.1, -0.05) is 206 Å². The van der Waals surface area contributed by atoms with Crippen molar-refractivity contribution >= 4 is 32.3 Å². The van der Waals surface area contributed by atoms with E-state index in [4.69, 9.17) is 19.9 Å². The average Bonchev–Trinajstić information content (AvgIpc) is 3.79. The Kier molecular flexibility index (Phi) is 9.34. The highest BCUT2D eigenvalue weighted by atomic mass is 32.1. The van der Waals surface area contributed by atoms with Gasteiger partial charge in [0.05, 0.1) is 10.2 Å². The highest BCUT2D eigenvalue weighted by Gasteiger charge is 2.16. The van der Waals surface area contributed by atoms with Gasteiger partial charge in [0.25, 0.3) is 0 Å². The Morgan fingerprint density at radius 2 is 0.656 bits per heavy atom. The van der Waals surface area contributed by atoms with Crippen LogP contribution in [0.2, 0.25) is 0 Å². The second-order valence-corrected chi connectivity index (χ2v) is 16.0. The second kappa shape index (κ2) is 15.7. The van der Waals surface area contributed by atoms with Gasteiger partial charge in [-0.05, 0) is 67.4 Å². The molecule has 5 heteroatoms. The summed E-state index contributed by atoms with van der Waals surface area (Å²) in [6.45, 7) is 0. The van der Waals surface area contributed by atoms with Crippen molar-refractivity contribution < 1.29 is 0 Å². The van der Waals surface area contributed by atoms with Crippen LogP contribution >= 0.6 is 11.3 Å². The second-order valence-electron chi connectivity index (χ2n) is 15.0. The fourth-order valence-corrected chi connectivity index (χ4v) is 9.12. The van der Waals surface area contributed by atoms with E-state index in [9.17, 15) is 0 Å². The van der Waals surface area contributed by atoms with E-state index in [1.54, 1.807) is 11.3 Å². The van der Waals surface area contributed by atoms with Crippen LogP contribution in [0.4, 0.5) is 0 Å². The minimum atomic E-state index is 0.632. The lowest BCUT2D eigenvalue weighted by Gasteiger charge is -2.15. The molecule has 0 spiro atoms. The van der Waals surface area contributed by atoms with E-state index in [0.717, 1.165) is 43.9 Å². The van der Waals surface area contributed by atoms with Crippen molar-refractivity contribution in [3.63, 3.8) is 0 Å². The summed E-state index contributed by atoms with van der Waals surface area (Å²) in [4.78, 5) is 19.9. The lowest BCUT2D eigenvalue weighted by molar-refractivity contribution is 1.07. The van der Waals surface area contributed by atoms with Gasteiger partial charge in [0, 0.05) is 22.3 Å². The first-order valence-corrected chi connectivity index (χ1v) is 21.2. The molecule has 4 nitrogen and oxygen atoms in total. The zero-order valence-corrected chi connectivity index (χ0v) is 33.8. The maximum absolute atomic E-state index is 5.04. The topological polar surface area (TPSA) is 51.6 Å². The van der Waals surface area contributed by atoms with Crippen LogP contribution in [0, 0.1) is 0 Å². The molecule has 2 heterocycles. The molecule has 0 unspecified atom stereocenters. The van der Waals surface area contributed by atoms with E-state index < -0.39 is 0 Å². The SMILES string of the molecule is c1ccc(-c2ccc(-c3nc(-c4ccccc4)nc(-c4ccc(-c5cccc6c(-c7ccccc7-c7ccc(-c8nc9ccccc9s8)cc7)cccc56)cc4)n3)cc2)cc1. The van der Waals surface area contributed by atoms with E-state index in [1.165, 1.54) is 48.9 Å². The molecule has 0 bridgehead atoms. The zero-order chi connectivity index (χ0) is 40.5. The van der Waals surface area contributed by atoms with E-state index in [-0.39, 0.29) is 0 Å². The monoisotopic (exact) mass is 796 g/mol. The van der Waals surface area contributed by atoms with Crippen LogP contribution in [-0.4, -0.2) is 19.9 Å². The van der Waals surface area contributed by atoms with Crippen LogP contribution in [0.1, 0.15) is 0 Å². The van der Waals surface area contributed by atoms with Crippen LogP contribution < -0.4 is 0 Å². The number of thiazole rings is 1. The molecule has 0 fully saturated rings. The largest absolute Gasteiger partial charge is 0.236 e. The number of aromatic nitrogens is 4. The molecule has 0 saturated carbocycles. The normalized spacial score (nSPS) is 11.3. The average molecular weight is 797 g/mol. The predicted octanol–water partition coefficient (Wildman–Crippen LogP) is 15.0. The number of hydrogen-bond donors (Lipinski definition) is 0. The fraction of sp³-hybridized carbons (Fsp3) is 0. The van der Waals surface area contributed by atoms with Gasteiger partial charge in [-0.25, -0.2) is 19.9 Å². The van der Waals surface area contributed by atoms with Crippen molar-refractivity contribution in [1.82, 2.24) is 19.9 Å². The highest BCUT2D eigenvalue weighted by Crippen LogP contribution is 2.40. The van der Waals surface area contributed by atoms with Crippen LogP contribution in [0.15, 0.2) is 218 Å². The maximum atomic E-state index is 5.04. The molecule has 0 radical (unpaired) electrons. The first-order chi connectivity index (χ1) is 30.2. The van der Waals surface area contributed by atoms with Crippen molar-refractivity contribution in [2.24, 2.45) is 0 Å². The molecule has 9 aromatic carbocycles. The predicted molar refractivity (Wildman–Crippen MR) is 254 cm³/mol. The Balaban J connectivity index is 0.927. The van der Waals surface area contributed by atoms with Crippen molar-refractivity contribution in [2.75, 3.05) is 0 Å². The van der Waals surface area contributed by atoms with Crippen molar-refractivity contribution in [3.8, 4) is 89.2 Å². The summed E-state index contributed by atoms with van der Waals surface area (Å²) in [6.07, 6.45) is 0. The molecular weight excluding hydrogens is 761 g/mol. The van der Waals surface area contributed by atoms with E-state index >= 15 is 0 Å². The number of para-hydroxylation sites is 1. The summed E-state index contributed by atoms with van der Waals surface area (Å²) in [5.41, 5.74) is 14.4. The van der Waals surface area contributed by atoms with Gasteiger partial charge in [-0.3, -0.25) is 0 Å².